The molecule has 0 spiro atoms. The largest absolute Gasteiger partial charge is 0.373 e. The van der Waals surface area contributed by atoms with E-state index in [1.165, 1.54) is 16.4 Å². The third-order valence-electron chi connectivity index (χ3n) is 6.34. The van der Waals surface area contributed by atoms with E-state index >= 15 is 0 Å². The second kappa shape index (κ2) is 10.1. The van der Waals surface area contributed by atoms with E-state index < -0.39 is 15.8 Å². The van der Waals surface area contributed by atoms with Crippen molar-refractivity contribution in [3.8, 4) is 0 Å². The Hall–Kier alpha value is -2.29. The number of hydrogen-bond donors (Lipinski definition) is 0. The van der Waals surface area contributed by atoms with Gasteiger partial charge in [-0.25, -0.2) is 12.8 Å². The monoisotopic (exact) mass is 460 g/mol. The molecular weight excluding hydrogens is 431 g/mol. The number of hydrogen-bond acceptors (Lipinski definition) is 4. The maximum absolute atomic E-state index is 13.1. The van der Waals surface area contributed by atoms with Crippen molar-refractivity contribution in [1.82, 2.24) is 9.21 Å². The van der Waals surface area contributed by atoms with Crippen LogP contribution in [0, 0.1) is 11.7 Å². The SMILES string of the molecule is O=C(C1CCN(S(=O)(=O)c2ccc(F)cc2)CC1)N1CCC(OCc2ccccc2)CC1. The average molecular weight is 461 g/mol. The number of carbonyl (C=O) groups excluding carboxylic acids is 1. The van der Waals surface area contributed by atoms with Crippen molar-refractivity contribution >= 4 is 15.9 Å². The van der Waals surface area contributed by atoms with Gasteiger partial charge in [-0.2, -0.15) is 4.31 Å². The molecule has 2 aromatic carbocycles. The number of carbonyl (C=O) groups is 1. The van der Waals surface area contributed by atoms with Crippen LogP contribution in [0.1, 0.15) is 31.2 Å². The van der Waals surface area contributed by atoms with Gasteiger partial charge in [-0.05, 0) is 55.5 Å². The van der Waals surface area contributed by atoms with Gasteiger partial charge < -0.3 is 9.64 Å². The van der Waals surface area contributed by atoms with Gasteiger partial charge in [0, 0.05) is 32.1 Å². The minimum atomic E-state index is -3.66. The molecule has 32 heavy (non-hydrogen) atoms. The molecule has 0 radical (unpaired) electrons. The molecule has 1 amide bonds. The van der Waals surface area contributed by atoms with E-state index in [0.29, 0.717) is 45.6 Å². The van der Waals surface area contributed by atoms with E-state index in [0.717, 1.165) is 30.5 Å². The molecule has 4 rings (SSSR count). The molecule has 0 unspecified atom stereocenters. The number of amides is 1. The molecule has 172 valence electrons. The zero-order chi connectivity index (χ0) is 22.6. The van der Waals surface area contributed by atoms with Gasteiger partial charge in [-0.15, -0.1) is 0 Å². The van der Waals surface area contributed by atoms with Crippen LogP contribution < -0.4 is 0 Å². The predicted octanol–water partition coefficient (Wildman–Crippen LogP) is 3.43. The minimum absolute atomic E-state index is 0.0845. The second-order valence-corrected chi connectivity index (χ2v) is 10.4. The molecule has 2 heterocycles. The number of rotatable bonds is 6. The standard InChI is InChI=1S/C24H29FN2O4S/c25-21-6-8-23(9-7-21)32(29,30)27-16-10-20(11-17-27)24(28)26-14-12-22(13-15-26)31-18-19-4-2-1-3-5-19/h1-9,20,22H,10-18H2. The fourth-order valence-corrected chi connectivity index (χ4v) is 5.86. The summed E-state index contributed by atoms with van der Waals surface area (Å²) in [5.41, 5.74) is 1.15. The van der Waals surface area contributed by atoms with Gasteiger partial charge >= 0.3 is 0 Å². The highest BCUT2D eigenvalue weighted by Crippen LogP contribution is 2.27. The zero-order valence-corrected chi connectivity index (χ0v) is 18.8. The van der Waals surface area contributed by atoms with E-state index in [-0.39, 0.29) is 22.8 Å². The molecule has 0 bridgehead atoms. The van der Waals surface area contributed by atoms with Crippen molar-refractivity contribution in [2.24, 2.45) is 5.92 Å². The Morgan fingerprint density at radius 2 is 1.53 bits per heavy atom. The molecule has 0 aliphatic carbocycles. The molecule has 2 aliphatic heterocycles. The van der Waals surface area contributed by atoms with Gasteiger partial charge in [0.05, 0.1) is 17.6 Å². The summed E-state index contributed by atoms with van der Waals surface area (Å²) in [5, 5.41) is 0. The summed E-state index contributed by atoms with van der Waals surface area (Å²) < 4.78 is 46.1. The van der Waals surface area contributed by atoms with Crippen LogP contribution in [0.3, 0.4) is 0 Å². The topological polar surface area (TPSA) is 66.9 Å². The number of nitrogens with zero attached hydrogens (tertiary/aromatic N) is 2. The summed E-state index contributed by atoms with van der Waals surface area (Å²) in [6.45, 7) is 2.53. The molecule has 2 aliphatic rings. The molecule has 0 N–H and O–H groups in total. The summed E-state index contributed by atoms with van der Waals surface area (Å²) in [7, 11) is -3.66. The third-order valence-corrected chi connectivity index (χ3v) is 8.25. The number of halogens is 1. The van der Waals surface area contributed by atoms with Crippen molar-refractivity contribution in [2.45, 2.75) is 43.3 Å². The Morgan fingerprint density at radius 1 is 0.906 bits per heavy atom. The molecule has 0 saturated carbocycles. The molecule has 2 saturated heterocycles. The Balaban J connectivity index is 1.24. The van der Waals surface area contributed by atoms with Gasteiger partial charge in [-0.3, -0.25) is 4.79 Å². The van der Waals surface area contributed by atoms with E-state index in [9.17, 15) is 17.6 Å². The van der Waals surface area contributed by atoms with Crippen molar-refractivity contribution in [2.75, 3.05) is 26.2 Å². The molecule has 2 aromatic rings. The van der Waals surface area contributed by atoms with Gasteiger partial charge in [0.2, 0.25) is 15.9 Å². The maximum Gasteiger partial charge on any atom is 0.243 e. The molecule has 6 nitrogen and oxygen atoms in total. The normalized spacial score (nSPS) is 19.2. The van der Waals surface area contributed by atoms with Crippen molar-refractivity contribution in [1.29, 1.82) is 0 Å². The number of sulfonamides is 1. The molecule has 0 atom stereocenters. The van der Waals surface area contributed by atoms with Crippen LogP contribution in [0.25, 0.3) is 0 Å². The van der Waals surface area contributed by atoms with Gasteiger partial charge in [0.25, 0.3) is 0 Å². The highest BCUT2D eigenvalue weighted by atomic mass is 32.2. The number of ether oxygens (including phenoxy) is 1. The first-order valence-corrected chi connectivity index (χ1v) is 12.6. The number of piperidine rings is 2. The highest BCUT2D eigenvalue weighted by Gasteiger charge is 2.35. The van der Waals surface area contributed by atoms with Crippen LogP contribution in [0.5, 0.6) is 0 Å². The lowest BCUT2D eigenvalue weighted by Crippen LogP contribution is -2.47. The van der Waals surface area contributed by atoms with Crippen LogP contribution in [0.15, 0.2) is 59.5 Å². The quantitative estimate of drug-likeness (QED) is 0.663. The molecule has 2 fully saturated rings. The Bertz CT molecular complexity index is 998. The summed E-state index contributed by atoms with van der Waals surface area (Å²) in [4.78, 5) is 15.0. The zero-order valence-electron chi connectivity index (χ0n) is 18.0. The summed E-state index contributed by atoms with van der Waals surface area (Å²) >= 11 is 0. The van der Waals surface area contributed by atoms with Crippen LogP contribution in [0.4, 0.5) is 4.39 Å². The third kappa shape index (κ3) is 5.36. The van der Waals surface area contributed by atoms with Crippen LogP contribution in [-0.4, -0.2) is 55.8 Å². The number of benzene rings is 2. The lowest BCUT2D eigenvalue weighted by atomic mass is 9.95. The van der Waals surface area contributed by atoms with Crippen LogP contribution in [-0.2, 0) is 26.2 Å². The van der Waals surface area contributed by atoms with Crippen molar-refractivity contribution in [3.63, 3.8) is 0 Å². The lowest BCUT2D eigenvalue weighted by Gasteiger charge is -2.37. The fraction of sp³-hybridized carbons (Fsp3) is 0.458. The first-order valence-electron chi connectivity index (χ1n) is 11.1. The van der Waals surface area contributed by atoms with E-state index in [1.807, 2.05) is 35.2 Å². The summed E-state index contributed by atoms with van der Waals surface area (Å²) in [5.74, 6) is -0.510. The smallest absolute Gasteiger partial charge is 0.243 e. The van der Waals surface area contributed by atoms with Crippen molar-refractivity contribution < 1.29 is 22.3 Å². The van der Waals surface area contributed by atoms with E-state index in [1.54, 1.807) is 0 Å². The average Bonchev–Trinajstić information content (AvgIpc) is 2.84. The Kier molecular flexibility index (Phi) is 7.23. The molecule has 0 aromatic heterocycles. The van der Waals surface area contributed by atoms with E-state index in [4.69, 9.17) is 4.74 Å². The van der Waals surface area contributed by atoms with E-state index in [2.05, 4.69) is 0 Å². The first kappa shape index (κ1) is 22.9. The molecule has 8 heteroatoms. The Morgan fingerprint density at radius 3 is 2.16 bits per heavy atom. The van der Waals surface area contributed by atoms with Crippen molar-refractivity contribution in [3.05, 3.63) is 66.0 Å². The second-order valence-electron chi connectivity index (χ2n) is 8.45. The first-order chi connectivity index (χ1) is 15.4. The van der Waals surface area contributed by atoms with Crippen LogP contribution in [0.2, 0.25) is 0 Å². The van der Waals surface area contributed by atoms with Gasteiger partial charge in [0.15, 0.2) is 0 Å². The fourth-order valence-electron chi connectivity index (χ4n) is 4.39. The Labute approximate surface area is 189 Å². The maximum atomic E-state index is 13.1. The summed E-state index contributed by atoms with van der Waals surface area (Å²) in [6, 6.07) is 14.9. The number of likely N-dealkylation sites (tertiary alicyclic amines) is 1. The highest BCUT2D eigenvalue weighted by molar-refractivity contribution is 7.89. The van der Waals surface area contributed by atoms with Gasteiger partial charge in [-0.1, -0.05) is 30.3 Å². The molecular formula is C24H29FN2O4S. The van der Waals surface area contributed by atoms with Gasteiger partial charge in [0.1, 0.15) is 5.82 Å². The minimum Gasteiger partial charge on any atom is -0.373 e. The lowest BCUT2D eigenvalue weighted by molar-refractivity contribution is -0.139. The predicted molar refractivity (Wildman–Crippen MR) is 119 cm³/mol. The summed E-state index contributed by atoms with van der Waals surface area (Å²) in [6.07, 6.45) is 2.79. The van der Waals surface area contributed by atoms with Crippen LogP contribution >= 0.6 is 0 Å².